The number of allylic oxidation sites excluding steroid dienone is 15. The van der Waals surface area contributed by atoms with Crippen LogP contribution in [0.15, 0.2) is 97.2 Å². The van der Waals surface area contributed by atoms with Gasteiger partial charge in [0.15, 0.2) is 6.10 Å². The highest BCUT2D eigenvalue weighted by atomic mass is 16.6. The molecule has 5 heteroatoms. The number of ether oxygens (including phenoxy) is 3. The average molecular weight is 889 g/mol. The van der Waals surface area contributed by atoms with Gasteiger partial charge in [0.05, 0.1) is 13.0 Å². The van der Waals surface area contributed by atoms with E-state index < -0.39 is 6.10 Å². The van der Waals surface area contributed by atoms with Crippen molar-refractivity contribution in [2.24, 2.45) is 0 Å². The molecule has 0 N–H and O–H groups in total. The van der Waals surface area contributed by atoms with Crippen LogP contribution in [0.2, 0.25) is 0 Å². The molecule has 5 nitrogen and oxygen atoms in total. The Hall–Kier alpha value is -3.18. The van der Waals surface area contributed by atoms with Gasteiger partial charge >= 0.3 is 11.9 Å². The van der Waals surface area contributed by atoms with Crippen LogP contribution in [0.4, 0.5) is 0 Å². The zero-order chi connectivity index (χ0) is 46.3. The summed E-state index contributed by atoms with van der Waals surface area (Å²) in [5.41, 5.74) is 0. The first-order valence-corrected chi connectivity index (χ1v) is 26.8. The van der Waals surface area contributed by atoms with Gasteiger partial charge in [-0.25, -0.2) is 0 Å². The van der Waals surface area contributed by atoms with Gasteiger partial charge in [0, 0.05) is 13.0 Å². The van der Waals surface area contributed by atoms with Crippen molar-refractivity contribution in [1.82, 2.24) is 0 Å². The van der Waals surface area contributed by atoms with Gasteiger partial charge in [0.2, 0.25) is 0 Å². The van der Waals surface area contributed by atoms with Gasteiger partial charge in [0.25, 0.3) is 0 Å². The summed E-state index contributed by atoms with van der Waals surface area (Å²) >= 11 is 0. The minimum Gasteiger partial charge on any atom is -0.461 e. The summed E-state index contributed by atoms with van der Waals surface area (Å²) in [5, 5.41) is 0. The molecule has 0 fully saturated rings. The topological polar surface area (TPSA) is 61.8 Å². The molecule has 0 aliphatic carbocycles. The molecule has 64 heavy (non-hydrogen) atoms. The van der Waals surface area contributed by atoms with E-state index in [4.69, 9.17) is 14.2 Å². The van der Waals surface area contributed by atoms with Crippen molar-refractivity contribution in [2.75, 3.05) is 19.8 Å². The standard InChI is InChI=1S/C59H100O5/c1-4-7-10-13-16-19-22-25-27-28-29-30-31-33-36-39-42-45-48-51-54-62-55-57(64-59(61)53-50-47-44-41-38-34-24-21-18-15-12-9-6-3)56-63-58(60)52-49-46-43-40-37-35-32-26-23-20-17-14-11-8-5-2/h8,11,16-17,19-21,24-27,32,37,40,46,49,57H,4-7,9-10,12-15,18,22-23,28-31,33-36,38-39,41-45,47-48,50-56H2,1-3H3/b11-8-,19-16-,20-17-,24-21-,27-25-,32-26-,40-37-,49-46-. The molecule has 0 aromatic rings. The molecule has 0 saturated heterocycles. The molecule has 0 rings (SSSR count). The molecule has 1 unspecified atom stereocenters. The Morgan fingerprint density at radius 2 is 0.750 bits per heavy atom. The lowest BCUT2D eigenvalue weighted by molar-refractivity contribution is -0.162. The first-order valence-electron chi connectivity index (χ1n) is 26.8. The van der Waals surface area contributed by atoms with E-state index in [-0.39, 0.29) is 31.6 Å². The highest BCUT2D eigenvalue weighted by Gasteiger charge is 2.17. The monoisotopic (exact) mass is 889 g/mol. The first kappa shape index (κ1) is 60.8. The fourth-order valence-corrected chi connectivity index (χ4v) is 7.14. The molecular weight excluding hydrogens is 789 g/mol. The van der Waals surface area contributed by atoms with E-state index in [0.717, 1.165) is 77.0 Å². The van der Waals surface area contributed by atoms with E-state index in [1.54, 1.807) is 0 Å². The van der Waals surface area contributed by atoms with Crippen LogP contribution >= 0.6 is 0 Å². The fraction of sp³-hybridized carbons (Fsp3) is 0.695. The summed E-state index contributed by atoms with van der Waals surface area (Å²) in [6.45, 7) is 7.56. The lowest BCUT2D eigenvalue weighted by Crippen LogP contribution is -2.30. The van der Waals surface area contributed by atoms with Crippen molar-refractivity contribution < 1.29 is 23.8 Å². The van der Waals surface area contributed by atoms with E-state index in [0.29, 0.717) is 13.0 Å². The number of rotatable bonds is 48. The van der Waals surface area contributed by atoms with E-state index in [9.17, 15) is 9.59 Å². The Balaban J connectivity index is 4.36. The predicted octanol–water partition coefficient (Wildman–Crippen LogP) is 18.2. The van der Waals surface area contributed by atoms with Gasteiger partial charge in [-0.1, -0.05) is 221 Å². The van der Waals surface area contributed by atoms with Crippen LogP contribution in [-0.4, -0.2) is 37.9 Å². The quantitative estimate of drug-likeness (QED) is 0.0346. The third-order valence-electron chi connectivity index (χ3n) is 11.1. The Kier molecular flexibility index (Phi) is 51.5. The SMILES string of the molecule is CC/C=C\C/C=C\C/C=C\C/C=C\C/C=C\CC(=O)OCC(COCCCCCCCCCCCC/C=C\C/C=C\CCCCC)OC(=O)CCCCCCC/C=C\CCCCCC. The van der Waals surface area contributed by atoms with Crippen LogP contribution < -0.4 is 0 Å². The lowest BCUT2D eigenvalue weighted by Gasteiger charge is -2.18. The van der Waals surface area contributed by atoms with Crippen LogP contribution in [0.5, 0.6) is 0 Å². The maximum atomic E-state index is 12.8. The molecule has 0 aliphatic heterocycles. The second-order valence-corrected chi connectivity index (χ2v) is 17.4. The number of hydrogen-bond acceptors (Lipinski definition) is 5. The van der Waals surface area contributed by atoms with Gasteiger partial charge in [0.1, 0.15) is 6.61 Å². The summed E-state index contributed by atoms with van der Waals surface area (Å²) in [6.07, 6.45) is 73.0. The number of esters is 2. The van der Waals surface area contributed by atoms with Crippen molar-refractivity contribution in [3.8, 4) is 0 Å². The van der Waals surface area contributed by atoms with E-state index in [1.165, 1.54) is 128 Å². The van der Waals surface area contributed by atoms with Crippen LogP contribution in [0.25, 0.3) is 0 Å². The molecule has 0 aromatic carbocycles. The molecule has 366 valence electrons. The highest BCUT2D eigenvalue weighted by molar-refractivity contribution is 5.71. The third-order valence-corrected chi connectivity index (χ3v) is 11.1. The normalized spacial score (nSPS) is 13.0. The zero-order valence-electron chi connectivity index (χ0n) is 42.0. The lowest BCUT2D eigenvalue weighted by atomic mass is 10.1. The summed E-state index contributed by atoms with van der Waals surface area (Å²) in [7, 11) is 0. The second-order valence-electron chi connectivity index (χ2n) is 17.4. The summed E-state index contributed by atoms with van der Waals surface area (Å²) in [6, 6.07) is 0. The molecule has 0 heterocycles. The van der Waals surface area contributed by atoms with E-state index in [2.05, 4.69) is 106 Å². The molecule has 0 saturated carbocycles. The second kappa shape index (κ2) is 54.2. The van der Waals surface area contributed by atoms with Crippen molar-refractivity contribution in [3.63, 3.8) is 0 Å². The molecule has 0 spiro atoms. The first-order chi connectivity index (χ1) is 31.6. The van der Waals surface area contributed by atoms with Crippen molar-refractivity contribution in [2.45, 2.75) is 245 Å². The van der Waals surface area contributed by atoms with Crippen molar-refractivity contribution in [3.05, 3.63) is 97.2 Å². The smallest absolute Gasteiger partial charge is 0.309 e. The van der Waals surface area contributed by atoms with E-state index in [1.807, 2.05) is 12.2 Å². The van der Waals surface area contributed by atoms with E-state index >= 15 is 0 Å². The summed E-state index contributed by atoms with van der Waals surface area (Å²) < 4.78 is 17.3. The van der Waals surface area contributed by atoms with Gasteiger partial charge in [-0.05, 0) is 103 Å². The van der Waals surface area contributed by atoms with Crippen LogP contribution in [-0.2, 0) is 23.8 Å². The number of carbonyl (C=O) groups excluding carboxylic acids is 2. The molecule has 0 bridgehead atoms. The van der Waals surface area contributed by atoms with Crippen molar-refractivity contribution in [1.29, 1.82) is 0 Å². The zero-order valence-corrected chi connectivity index (χ0v) is 42.0. The van der Waals surface area contributed by atoms with Gasteiger partial charge in [-0.15, -0.1) is 0 Å². The Labute approximate surface area is 396 Å². The molecule has 0 radical (unpaired) electrons. The highest BCUT2D eigenvalue weighted by Crippen LogP contribution is 2.14. The Morgan fingerprint density at radius 3 is 1.25 bits per heavy atom. The molecule has 1 atom stereocenters. The molecule has 0 amide bonds. The maximum absolute atomic E-state index is 12.8. The summed E-state index contributed by atoms with van der Waals surface area (Å²) in [5.74, 6) is -0.556. The molecule has 0 aliphatic rings. The van der Waals surface area contributed by atoms with Gasteiger partial charge < -0.3 is 14.2 Å². The predicted molar refractivity (Wildman–Crippen MR) is 279 cm³/mol. The average Bonchev–Trinajstić information content (AvgIpc) is 3.30. The number of unbranched alkanes of at least 4 members (excludes halogenated alkanes) is 22. The van der Waals surface area contributed by atoms with Crippen LogP contribution in [0, 0.1) is 0 Å². The Morgan fingerprint density at radius 1 is 0.375 bits per heavy atom. The number of hydrogen-bond donors (Lipinski definition) is 0. The van der Waals surface area contributed by atoms with Gasteiger partial charge in [-0.2, -0.15) is 0 Å². The largest absolute Gasteiger partial charge is 0.461 e. The minimum absolute atomic E-state index is 0.0228. The summed E-state index contributed by atoms with van der Waals surface area (Å²) in [4.78, 5) is 25.3. The maximum Gasteiger partial charge on any atom is 0.309 e. The minimum atomic E-state index is -0.586. The molecule has 0 aromatic heterocycles. The van der Waals surface area contributed by atoms with Crippen molar-refractivity contribution >= 4 is 11.9 Å². The third kappa shape index (κ3) is 51.5. The number of carbonyl (C=O) groups is 2. The fourth-order valence-electron chi connectivity index (χ4n) is 7.14. The Bertz CT molecular complexity index is 1230. The van der Waals surface area contributed by atoms with Crippen LogP contribution in [0.1, 0.15) is 239 Å². The van der Waals surface area contributed by atoms with Crippen LogP contribution in [0.3, 0.4) is 0 Å². The van der Waals surface area contributed by atoms with Gasteiger partial charge in [-0.3, -0.25) is 9.59 Å². The molecular formula is C59H100O5.